The van der Waals surface area contributed by atoms with Crippen LogP contribution in [0.15, 0.2) is 0 Å². The Bertz CT molecular complexity index is 260. The van der Waals surface area contributed by atoms with Crippen LogP contribution in [0.1, 0.15) is 39.5 Å². The van der Waals surface area contributed by atoms with E-state index in [0.29, 0.717) is 25.7 Å². The van der Waals surface area contributed by atoms with Crippen molar-refractivity contribution in [3.05, 3.63) is 0 Å². The van der Waals surface area contributed by atoms with Gasteiger partial charge in [0, 0.05) is 6.54 Å². The van der Waals surface area contributed by atoms with Gasteiger partial charge < -0.3 is 19.9 Å². The highest BCUT2D eigenvalue weighted by atomic mass is 16.5. The molecule has 1 aliphatic carbocycles. The Hall–Kier alpha value is -0.650. The third-order valence-corrected chi connectivity index (χ3v) is 3.49. The molecule has 0 bridgehead atoms. The quantitative estimate of drug-likeness (QED) is 0.648. The van der Waals surface area contributed by atoms with Crippen LogP contribution in [0.25, 0.3) is 0 Å². The lowest BCUT2D eigenvalue weighted by molar-refractivity contribution is -0.142. The van der Waals surface area contributed by atoms with Crippen LogP contribution in [-0.2, 0) is 14.3 Å². The van der Waals surface area contributed by atoms with Crippen LogP contribution in [0.3, 0.4) is 0 Å². The molecule has 112 valence electrons. The predicted molar refractivity (Wildman–Crippen MR) is 72.9 cm³/mol. The Morgan fingerprint density at radius 1 is 1.42 bits per heavy atom. The standard InChI is InChI=1S/C14H27NO4/c1-3-18-14(17)9-15-8-12(16)10-19-13-7-5-4-6-11(13)2/h11-13,15-16H,3-10H2,1-2H3. The van der Waals surface area contributed by atoms with Crippen LogP contribution in [0, 0.1) is 5.92 Å². The van der Waals surface area contributed by atoms with Gasteiger partial charge in [-0.3, -0.25) is 4.79 Å². The Morgan fingerprint density at radius 2 is 2.16 bits per heavy atom. The number of carbonyl (C=O) groups is 1. The molecule has 1 rings (SSSR count). The molecule has 0 amide bonds. The van der Waals surface area contributed by atoms with Gasteiger partial charge in [0.2, 0.25) is 0 Å². The van der Waals surface area contributed by atoms with E-state index in [2.05, 4.69) is 12.2 Å². The third kappa shape index (κ3) is 6.89. The molecule has 0 saturated heterocycles. The lowest BCUT2D eigenvalue weighted by Gasteiger charge is -2.29. The summed E-state index contributed by atoms with van der Waals surface area (Å²) < 4.78 is 10.5. The number of ether oxygens (including phenoxy) is 2. The minimum absolute atomic E-state index is 0.130. The van der Waals surface area contributed by atoms with E-state index in [9.17, 15) is 9.90 Å². The van der Waals surface area contributed by atoms with Crippen LogP contribution in [0.2, 0.25) is 0 Å². The summed E-state index contributed by atoms with van der Waals surface area (Å²) in [7, 11) is 0. The summed E-state index contributed by atoms with van der Waals surface area (Å²) in [4.78, 5) is 11.1. The molecule has 5 heteroatoms. The minimum atomic E-state index is -0.580. The van der Waals surface area contributed by atoms with E-state index < -0.39 is 6.10 Å². The zero-order valence-electron chi connectivity index (χ0n) is 12.1. The van der Waals surface area contributed by atoms with Crippen molar-refractivity contribution in [2.75, 3.05) is 26.3 Å². The molecule has 1 aliphatic rings. The summed E-state index contributed by atoms with van der Waals surface area (Å²) in [5.74, 6) is 0.282. The van der Waals surface area contributed by atoms with E-state index in [1.165, 1.54) is 19.3 Å². The van der Waals surface area contributed by atoms with Gasteiger partial charge in [-0.15, -0.1) is 0 Å². The Kier molecular flexibility index (Phi) is 8.02. The summed E-state index contributed by atoms with van der Waals surface area (Å²) in [6.07, 6.45) is 4.49. The van der Waals surface area contributed by atoms with Crippen LogP contribution in [-0.4, -0.2) is 49.6 Å². The molecule has 0 radical (unpaired) electrons. The molecule has 5 nitrogen and oxygen atoms in total. The predicted octanol–water partition coefficient (Wildman–Crippen LogP) is 1.10. The second kappa shape index (κ2) is 9.28. The Balaban J connectivity index is 2.07. The first-order chi connectivity index (χ1) is 9.13. The fraction of sp³-hybridized carbons (Fsp3) is 0.929. The largest absolute Gasteiger partial charge is 0.465 e. The summed E-state index contributed by atoms with van der Waals surface area (Å²) in [5.41, 5.74) is 0. The molecular formula is C14H27NO4. The molecule has 1 fully saturated rings. The molecule has 19 heavy (non-hydrogen) atoms. The summed E-state index contributed by atoms with van der Waals surface area (Å²) in [6.45, 7) is 5.16. The second-order valence-electron chi connectivity index (χ2n) is 5.22. The van der Waals surface area contributed by atoms with Crippen LogP contribution in [0.5, 0.6) is 0 Å². The van der Waals surface area contributed by atoms with E-state index in [0.717, 1.165) is 6.42 Å². The molecule has 3 unspecified atom stereocenters. The molecule has 1 saturated carbocycles. The Morgan fingerprint density at radius 3 is 2.84 bits per heavy atom. The number of esters is 1. The lowest BCUT2D eigenvalue weighted by atomic mass is 9.88. The van der Waals surface area contributed by atoms with Crippen molar-refractivity contribution < 1.29 is 19.4 Å². The highest BCUT2D eigenvalue weighted by molar-refractivity contribution is 5.71. The van der Waals surface area contributed by atoms with Gasteiger partial charge in [0.05, 0.1) is 32.0 Å². The van der Waals surface area contributed by atoms with E-state index in [1.807, 2.05) is 0 Å². The van der Waals surface area contributed by atoms with E-state index >= 15 is 0 Å². The molecular weight excluding hydrogens is 246 g/mol. The van der Waals surface area contributed by atoms with Gasteiger partial charge in [-0.2, -0.15) is 0 Å². The van der Waals surface area contributed by atoms with Crippen molar-refractivity contribution >= 4 is 5.97 Å². The van der Waals surface area contributed by atoms with Crippen molar-refractivity contribution in [3.8, 4) is 0 Å². The maximum Gasteiger partial charge on any atom is 0.319 e. The van der Waals surface area contributed by atoms with Gasteiger partial charge in [0.25, 0.3) is 0 Å². The first-order valence-electron chi connectivity index (χ1n) is 7.29. The number of aliphatic hydroxyl groups excluding tert-OH is 1. The average molecular weight is 273 g/mol. The van der Waals surface area contributed by atoms with E-state index in [1.54, 1.807) is 6.92 Å². The van der Waals surface area contributed by atoms with Crippen LogP contribution in [0.4, 0.5) is 0 Å². The molecule has 0 aromatic rings. The van der Waals surface area contributed by atoms with Crippen LogP contribution < -0.4 is 5.32 Å². The monoisotopic (exact) mass is 273 g/mol. The fourth-order valence-electron chi connectivity index (χ4n) is 2.38. The summed E-state index contributed by atoms with van der Waals surface area (Å²) >= 11 is 0. The number of aliphatic hydroxyl groups is 1. The second-order valence-corrected chi connectivity index (χ2v) is 5.22. The highest BCUT2D eigenvalue weighted by Crippen LogP contribution is 2.26. The van der Waals surface area contributed by atoms with Crippen molar-refractivity contribution in [3.63, 3.8) is 0 Å². The summed E-state index contributed by atoms with van der Waals surface area (Å²) in [5, 5.41) is 12.6. The fourth-order valence-corrected chi connectivity index (χ4v) is 2.38. The first-order valence-corrected chi connectivity index (χ1v) is 7.29. The smallest absolute Gasteiger partial charge is 0.319 e. The zero-order valence-corrected chi connectivity index (χ0v) is 12.1. The average Bonchev–Trinajstić information content (AvgIpc) is 2.38. The maximum atomic E-state index is 11.1. The molecule has 0 aromatic carbocycles. The first kappa shape index (κ1) is 16.4. The van der Waals surface area contributed by atoms with Crippen molar-refractivity contribution in [1.82, 2.24) is 5.32 Å². The highest BCUT2D eigenvalue weighted by Gasteiger charge is 2.22. The molecule has 0 spiro atoms. The van der Waals surface area contributed by atoms with Gasteiger partial charge in [-0.05, 0) is 25.7 Å². The maximum absolute atomic E-state index is 11.1. The molecule has 0 aliphatic heterocycles. The third-order valence-electron chi connectivity index (χ3n) is 3.49. The topological polar surface area (TPSA) is 67.8 Å². The number of carbonyl (C=O) groups excluding carboxylic acids is 1. The van der Waals surface area contributed by atoms with E-state index in [-0.39, 0.29) is 18.6 Å². The van der Waals surface area contributed by atoms with Crippen molar-refractivity contribution in [2.45, 2.75) is 51.7 Å². The Labute approximate surface area is 115 Å². The van der Waals surface area contributed by atoms with Gasteiger partial charge in [0.1, 0.15) is 0 Å². The van der Waals surface area contributed by atoms with Gasteiger partial charge in [0.15, 0.2) is 0 Å². The number of rotatable bonds is 8. The molecule has 3 atom stereocenters. The SMILES string of the molecule is CCOC(=O)CNCC(O)COC1CCCCC1C. The van der Waals surface area contributed by atoms with Crippen LogP contribution >= 0.6 is 0 Å². The summed E-state index contributed by atoms with van der Waals surface area (Å²) in [6, 6.07) is 0. The normalized spacial score (nSPS) is 25.0. The minimum Gasteiger partial charge on any atom is -0.465 e. The number of nitrogens with one attached hydrogen (secondary N) is 1. The van der Waals surface area contributed by atoms with Gasteiger partial charge >= 0.3 is 5.97 Å². The number of hydrogen-bond donors (Lipinski definition) is 2. The van der Waals surface area contributed by atoms with Crippen molar-refractivity contribution in [2.24, 2.45) is 5.92 Å². The van der Waals surface area contributed by atoms with Gasteiger partial charge in [-0.25, -0.2) is 0 Å². The van der Waals surface area contributed by atoms with Crippen molar-refractivity contribution in [1.29, 1.82) is 0 Å². The van der Waals surface area contributed by atoms with E-state index in [4.69, 9.17) is 9.47 Å². The molecule has 0 aromatic heterocycles. The van der Waals surface area contributed by atoms with Gasteiger partial charge in [-0.1, -0.05) is 19.8 Å². The number of hydrogen-bond acceptors (Lipinski definition) is 5. The zero-order chi connectivity index (χ0) is 14.1. The molecule has 0 heterocycles. The molecule has 2 N–H and O–H groups in total. The lowest BCUT2D eigenvalue weighted by Crippen LogP contribution is -2.36.